The lowest BCUT2D eigenvalue weighted by molar-refractivity contribution is 0.392. The van der Waals surface area contributed by atoms with E-state index in [0.717, 1.165) is 16.7 Å². The van der Waals surface area contributed by atoms with E-state index in [1.807, 2.05) is 6.07 Å². The first-order chi connectivity index (χ1) is 6.59. The van der Waals surface area contributed by atoms with Gasteiger partial charge in [0.1, 0.15) is 0 Å². The van der Waals surface area contributed by atoms with Crippen LogP contribution in [0.1, 0.15) is 6.92 Å². The van der Waals surface area contributed by atoms with Crippen LogP contribution in [0.25, 0.3) is 0 Å². The van der Waals surface area contributed by atoms with Gasteiger partial charge in [-0.2, -0.15) is 0 Å². The summed E-state index contributed by atoms with van der Waals surface area (Å²) < 4.78 is 1.01. The fourth-order valence-corrected chi connectivity index (χ4v) is 1.72. The van der Waals surface area contributed by atoms with Gasteiger partial charge in [0.2, 0.25) is 0 Å². The molecule has 1 atom stereocenters. The summed E-state index contributed by atoms with van der Waals surface area (Å²) in [6.45, 7) is 3.17. The molecule has 0 bridgehead atoms. The van der Waals surface area contributed by atoms with Crippen molar-refractivity contribution in [3.63, 3.8) is 0 Å². The van der Waals surface area contributed by atoms with Gasteiger partial charge in [-0.15, -0.1) is 0 Å². The SMILES string of the molecule is CC(CN(C)C)Nc1ccncc1Br. The molecular formula is C10H16BrN3. The van der Waals surface area contributed by atoms with Gasteiger partial charge in [0.05, 0.1) is 10.2 Å². The Labute approximate surface area is 93.7 Å². The maximum absolute atomic E-state index is 4.02. The second-order valence-electron chi connectivity index (χ2n) is 3.66. The number of pyridine rings is 1. The molecule has 1 rings (SSSR count). The lowest BCUT2D eigenvalue weighted by Crippen LogP contribution is -2.29. The van der Waals surface area contributed by atoms with Gasteiger partial charge in [0.25, 0.3) is 0 Å². The third kappa shape index (κ3) is 3.64. The number of rotatable bonds is 4. The minimum atomic E-state index is 0.420. The Bertz CT molecular complexity index is 288. The highest BCUT2D eigenvalue weighted by molar-refractivity contribution is 9.10. The molecule has 1 aromatic heterocycles. The summed E-state index contributed by atoms with van der Waals surface area (Å²) in [6, 6.07) is 2.39. The molecule has 1 heterocycles. The van der Waals surface area contributed by atoms with E-state index in [1.54, 1.807) is 12.4 Å². The van der Waals surface area contributed by atoms with Gasteiger partial charge in [-0.1, -0.05) is 0 Å². The van der Waals surface area contributed by atoms with Crippen LogP contribution in [0.5, 0.6) is 0 Å². The summed E-state index contributed by atoms with van der Waals surface area (Å²) in [4.78, 5) is 6.18. The highest BCUT2D eigenvalue weighted by Gasteiger charge is 2.05. The third-order valence-corrected chi connectivity index (χ3v) is 2.45. The molecule has 0 saturated carbocycles. The summed E-state index contributed by atoms with van der Waals surface area (Å²) in [5.74, 6) is 0. The standard InChI is InChI=1S/C10H16BrN3/c1-8(7-14(2)3)13-10-4-5-12-6-9(10)11/h4-6,8H,7H2,1-3H3,(H,12,13). The minimum absolute atomic E-state index is 0.420. The fourth-order valence-electron chi connectivity index (χ4n) is 1.35. The van der Waals surface area contributed by atoms with Gasteiger partial charge in [-0.05, 0) is 43.0 Å². The van der Waals surface area contributed by atoms with Crippen LogP contribution < -0.4 is 5.32 Å². The van der Waals surface area contributed by atoms with Crippen molar-refractivity contribution in [3.05, 3.63) is 22.9 Å². The Kier molecular flexibility index (Phi) is 4.35. The van der Waals surface area contributed by atoms with Crippen molar-refractivity contribution in [1.82, 2.24) is 9.88 Å². The number of nitrogens with zero attached hydrogens (tertiary/aromatic N) is 2. The molecule has 0 aliphatic carbocycles. The molecule has 1 aromatic rings. The van der Waals surface area contributed by atoms with Crippen LogP contribution >= 0.6 is 15.9 Å². The Hall–Kier alpha value is -0.610. The molecular weight excluding hydrogens is 242 g/mol. The van der Waals surface area contributed by atoms with Gasteiger partial charge < -0.3 is 10.2 Å². The summed E-state index contributed by atoms with van der Waals surface area (Å²) in [5, 5.41) is 3.41. The average Bonchev–Trinajstić information content (AvgIpc) is 2.07. The van der Waals surface area contributed by atoms with Crippen molar-refractivity contribution in [2.75, 3.05) is 26.0 Å². The van der Waals surface area contributed by atoms with E-state index in [1.165, 1.54) is 0 Å². The smallest absolute Gasteiger partial charge is 0.0590 e. The summed E-state index contributed by atoms with van der Waals surface area (Å²) in [5.41, 5.74) is 1.09. The van der Waals surface area contributed by atoms with Crippen molar-refractivity contribution in [2.24, 2.45) is 0 Å². The fraction of sp³-hybridized carbons (Fsp3) is 0.500. The maximum atomic E-state index is 4.02. The molecule has 0 fully saturated rings. The normalized spacial score (nSPS) is 12.9. The van der Waals surface area contributed by atoms with E-state index in [-0.39, 0.29) is 0 Å². The molecule has 3 nitrogen and oxygen atoms in total. The Morgan fingerprint density at radius 2 is 2.29 bits per heavy atom. The van der Waals surface area contributed by atoms with Gasteiger partial charge in [-0.25, -0.2) is 0 Å². The first-order valence-electron chi connectivity index (χ1n) is 4.60. The first-order valence-corrected chi connectivity index (χ1v) is 5.39. The van der Waals surface area contributed by atoms with Crippen molar-refractivity contribution < 1.29 is 0 Å². The molecule has 4 heteroatoms. The molecule has 0 radical (unpaired) electrons. The van der Waals surface area contributed by atoms with E-state index in [4.69, 9.17) is 0 Å². The number of nitrogens with one attached hydrogen (secondary N) is 1. The topological polar surface area (TPSA) is 28.2 Å². The van der Waals surface area contributed by atoms with Crippen molar-refractivity contribution in [1.29, 1.82) is 0 Å². The predicted octanol–water partition coefficient (Wildman–Crippen LogP) is 2.21. The van der Waals surface area contributed by atoms with Gasteiger partial charge in [-0.3, -0.25) is 4.98 Å². The molecule has 78 valence electrons. The molecule has 1 unspecified atom stereocenters. The summed E-state index contributed by atoms with van der Waals surface area (Å²) in [7, 11) is 4.14. The van der Waals surface area contributed by atoms with Gasteiger partial charge >= 0.3 is 0 Å². The average molecular weight is 258 g/mol. The molecule has 1 N–H and O–H groups in total. The number of hydrogen-bond donors (Lipinski definition) is 1. The van der Waals surface area contributed by atoms with E-state index < -0.39 is 0 Å². The zero-order valence-electron chi connectivity index (χ0n) is 8.79. The van der Waals surface area contributed by atoms with Crippen molar-refractivity contribution in [2.45, 2.75) is 13.0 Å². The lowest BCUT2D eigenvalue weighted by atomic mass is 10.3. The molecule has 0 aliphatic rings. The number of halogens is 1. The lowest BCUT2D eigenvalue weighted by Gasteiger charge is -2.19. The summed E-state index contributed by atoms with van der Waals surface area (Å²) >= 11 is 3.45. The molecule has 0 aromatic carbocycles. The van der Waals surface area contributed by atoms with E-state index >= 15 is 0 Å². The molecule has 0 amide bonds. The van der Waals surface area contributed by atoms with Crippen LogP contribution in [0.4, 0.5) is 5.69 Å². The van der Waals surface area contributed by atoms with Gasteiger partial charge in [0, 0.05) is 25.0 Å². The van der Waals surface area contributed by atoms with Crippen LogP contribution in [-0.2, 0) is 0 Å². The minimum Gasteiger partial charge on any atom is -0.380 e. The Morgan fingerprint density at radius 3 is 2.86 bits per heavy atom. The van der Waals surface area contributed by atoms with Crippen LogP contribution in [0.2, 0.25) is 0 Å². The molecule has 0 spiro atoms. The van der Waals surface area contributed by atoms with Crippen LogP contribution in [-0.4, -0.2) is 36.6 Å². The maximum Gasteiger partial charge on any atom is 0.0590 e. The second-order valence-corrected chi connectivity index (χ2v) is 4.52. The zero-order chi connectivity index (χ0) is 10.6. The second kappa shape index (κ2) is 5.32. The zero-order valence-corrected chi connectivity index (χ0v) is 10.4. The number of anilines is 1. The van der Waals surface area contributed by atoms with E-state index in [0.29, 0.717) is 6.04 Å². The van der Waals surface area contributed by atoms with Crippen molar-refractivity contribution in [3.8, 4) is 0 Å². The Balaban J connectivity index is 2.56. The quantitative estimate of drug-likeness (QED) is 0.897. The van der Waals surface area contributed by atoms with E-state index in [9.17, 15) is 0 Å². The third-order valence-electron chi connectivity index (χ3n) is 1.81. The monoisotopic (exact) mass is 257 g/mol. The highest BCUT2D eigenvalue weighted by Crippen LogP contribution is 2.20. The van der Waals surface area contributed by atoms with Gasteiger partial charge in [0.15, 0.2) is 0 Å². The largest absolute Gasteiger partial charge is 0.380 e. The van der Waals surface area contributed by atoms with Crippen LogP contribution in [0.15, 0.2) is 22.9 Å². The van der Waals surface area contributed by atoms with E-state index in [2.05, 4.69) is 52.1 Å². The molecule has 0 aliphatic heterocycles. The highest BCUT2D eigenvalue weighted by atomic mass is 79.9. The number of hydrogen-bond acceptors (Lipinski definition) is 3. The van der Waals surface area contributed by atoms with Crippen LogP contribution in [0, 0.1) is 0 Å². The number of likely N-dealkylation sites (N-methyl/N-ethyl adjacent to an activating group) is 1. The van der Waals surface area contributed by atoms with Crippen molar-refractivity contribution >= 4 is 21.6 Å². The molecule has 0 saturated heterocycles. The van der Waals surface area contributed by atoms with Crippen LogP contribution in [0.3, 0.4) is 0 Å². The summed E-state index contributed by atoms with van der Waals surface area (Å²) in [6.07, 6.45) is 3.58. The Morgan fingerprint density at radius 1 is 1.57 bits per heavy atom. The predicted molar refractivity (Wildman–Crippen MR) is 63.6 cm³/mol. The first kappa shape index (κ1) is 11.5. The molecule has 14 heavy (non-hydrogen) atoms. The number of aromatic nitrogens is 1.